The van der Waals surface area contributed by atoms with Crippen molar-refractivity contribution in [1.29, 1.82) is 0 Å². The summed E-state index contributed by atoms with van der Waals surface area (Å²) < 4.78 is 5.67. The average Bonchev–Trinajstić information content (AvgIpc) is 2.58. The first-order chi connectivity index (χ1) is 11.1. The number of morpholine rings is 1. The van der Waals surface area contributed by atoms with E-state index in [1.165, 1.54) is 0 Å². The summed E-state index contributed by atoms with van der Waals surface area (Å²) in [4.78, 5) is 30.7. The fourth-order valence-corrected chi connectivity index (χ4v) is 3.17. The molecule has 6 heteroatoms. The smallest absolute Gasteiger partial charge is 0.254 e. The molecule has 2 unspecified atom stereocenters. The van der Waals surface area contributed by atoms with E-state index >= 15 is 0 Å². The molecule has 2 heterocycles. The lowest BCUT2D eigenvalue weighted by Gasteiger charge is -2.41. The molecule has 2 aliphatic heterocycles. The summed E-state index contributed by atoms with van der Waals surface area (Å²) >= 11 is 0. The van der Waals surface area contributed by atoms with Crippen LogP contribution in [0.3, 0.4) is 0 Å². The standard InChI is InChI=1S/C17H23N3O3/c1-18-8-10-20(11-9-18)17(22)16-15(13-6-4-3-5-7-13)19(2)14(21)12-23-16/h3-7,15-16H,8-12H2,1-2H3. The van der Waals surface area contributed by atoms with Gasteiger partial charge in [0.15, 0.2) is 6.10 Å². The third-order valence-electron chi connectivity index (χ3n) is 4.68. The first kappa shape index (κ1) is 16.0. The molecule has 23 heavy (non-hydrogen) atoms. The molecule has 124 valence electrons. The Labute approximate surface area is 136 Å². The highest BCUT2D eigenvalue weighted by molar-refractivity contribution is 5.86. The number of amides is 2. The van der Waals surface area contributed by atoms with Gasteiger partial charge in [-0.05, 0) is 12.6 Å². The maximum atomic E-state index is 12.9. The summed E-state index contributed by atoms with van der Waals surface area (Å²) in [7, 11) is 3.80. The van der Waals surface area contributed by atoms with Gasteiger partial charge in [0.1, 0.15) is 6.61 Å². The van der Waals surface area contributed by atoms with Crippen LogP contribution in [-0.4, -0.2) is 79.5 Å². The number of likely N-dealkylation sites (N-methyl/N-ethyl adjacent to an activating group) is 2. The van der Waals surface area contributed by atoms with Gasteiger partial charge in [0.05, 0.1) is 6.04 Å². The third-order valence-corrected chi connectivity index (χ3v) is 4.68. The Morgan fingerprint density at radius 3 is 2.39 bits per heavy atom. The van der Waals surface area contributed by atoms with E-state index in [-0.39, 0.29) is 24.5 Å². The second kappa shape index (κ2) is 6.68. The van der Waals surface area contributed by atoms with Crippen LogP contribution in [0.15, 0.2) is 30.3 Å². The molecule has 0 saturated carbocycles. The predicted molar refractivity (Wildman–Crippen MR) is 85.8 cm³/mol. The highest BCUT2D eigenvalue weighted by Crippen LogP contribution is 2.30. The Balaban J connectivity index is 1.83. The molecule has 0 bridgehead atoms. The number of rotatable bonds is 2. The monoisotopic (exact) mass is 317 g/mol. The normalized spacial score (nSPS) is 26.4. The minimum Gasteiger partial charge on any atom is -0.356 e. The third kappa shape index (κ3) is 3.23. The molecule has 3 rings (SSSR count). The van der Waals surface area contributed by atoms with Gasteiger partial charge in [-0.1, -0.05) is 30.3 Å². The van der Waals surface area contributed by atoms with Crippen molar-refractivity contribution in [2.75, 3.05) is 46.9 Å². The molecule has 0 radical (unpaired) electrons. The number of carbonyl (C=O) groups excluding carboxylic acids is 2. The molecule has 1 aromatic rings. The lowest BCUT2D eigenvalue weighted by molar-refractivity contribution is -0.168. The van der Waals surface area contributed by atoms with Gasteiger partial charge < -0.3 is 19.4 Å². The van der Waals surface area contributed by atoms with Gasteiger partial charge in [-0.25, -0.2) is 0 Å². The first-order valence-corrected chi connectivity index (χ1v) is 7.97. The van der Waals surface area contributed by atoms with E-state index in [2.05, 4.69) is 11.9 Å². The zero-order valence-corrected chi connectivity index (χ0v) is 13.6. The van der Waals surface area contributed by atoms with Gasteiger partial charge in [0, 0.05) is 33.2 Å². The number of hydrogen-bond acceptors (Lipinski definition) is 4. The van der Waals surface area contributed by atoms with Crippen LogP contribution in [-0.2, 0) is 14.3 Å². The number of piperazine rings is 1. The van der Waals surface area contributed by atoms with Crippen molar-refractivity contribution >= 4 is 11.8 Å². The lowest BCUT2D eigenvalue weighted by Crippen LogP contribution is -2.56. The lowest BCUT2D eigenvalue weighted by atomic mass is 9.97. The fourth-order valence-electron chi connectivity index (χ4n) is 3.17. The van der Waals surface area contributed by atoms with Crippen LogP contribution in [0, 0.1) is 0 Å². The van der Waals surface area contributed by atoms with Crippen LogP contribution >= 0.6 is 0 Å². The zero-order chi connectivity index (χ0) is 16.4. The van der Waals surface area contributed by atoms with E-state index in [0.29, 0.717) is 13.1 Å². The van der Waals surface area contributed by atoms with Crippen molar-refractivity contribution in [2.45, 2.75) is 12.1 Å². The van der Waals surface area contributed by atoms with E-state index in [0.717, 1.165) is 18.7 Å². The SMILES string of the molecule is CN1CCN(C(=O)C2OCC(=O)N(C)C2c2ccccc2)CC1. The van der Waals surface area contributed by atoms with E-state index < -0.39 is 6.10 Å². The summed E-state index contributed by atoms with van der Waals surface area (Å²) in [6.07, 6.45) is -0.636. The fraction of sp³-hybridized carbons (Fsp3) is 0.529. The molecule has 6 nitrogen and oxygen atoms in total. The molecule has 2 amide bonds. The second-order valence-corrected chi connectivity index (χ2v) is 6.22. The molecule has 2 aliphatic rings. The molecular weight excluding hydrogens is 294 g/mol. The van der Waals surface area contributed by atoms with Crippen molar-refractivity contribution < 1.29 is 14.3 Å². The Morgan fingerprint density at radius 2 is 1.74 bits per heavy atom. The van der Waals surface area contributed by atoms with Crippen LogP contribution in [0.5, 0.6) is 0 Å². The maximum Gasteiger partial charge on any atom is 0.254 e. The Hall–Kier alpha value is -1.92. The van der Waals surface area contributed by atoms with Crippen molar-refractivity contribution in [2.24, 2.45) is 0 Å². The Morgan fingerprint density at radius 1 is 1.09 bits per heavy atom. The summed E-state index contributed by atoms with van der Waals surface area (Å²) in [6.45, 7) is 3.10. The molecular formula is C17H23N3O3. The van der Waals surface area contributed by atoms with Gasteiger partial charge >= 0.3 is 0 Å². The quantitative estimate of drug-likeness (QED) is 0.790. The van der Waals surface area contributed by atoms with Crippen molar-refractivity contribution in [3.63, 3.8) is 0 Å². The summed E-state index contributed by atoms with van der Waals surface area (Å²) in [5, 5.41) is 0. The minimum absolute atomic E-state index is 0.0219. The van der Waals surface area contributed by atoms with E-state index in [1.54, 1.807) is 11.9 Å². The van der Waals surface area contributed by atoms with E-state index in [9.17, 15) is 9.59 Å². The molecule has 2 atom stereocenters. The van der Waals surface area contributed by atoms with Gasteiger partial charge in [0.2, 0.25) is 5.91 Å². The topological polar surface area (TPSA) is 53.1 Å². The summed E-state index contributed by atoms with van der Waals surface area (Å²) in [5.74, 6) is -0.118. The van der Waals surface area contributed by atoms with Crippen LogP contribution in [0.2, 0.25) is 0 Å². The Bertz CT molecular complexity index is 570. The van der Waals surface area contributed by atoms with Crippen LogP contribution in [0.1, 0.15) is 11.6 Å². The molecule has 2 saturated heterocycles. The van der Waals surface area contributed by atoms with Crippen molar-refractivity contribution in [1.82, 2.24) is 14.7 Å². The van der Waals surface area contributed by atoms with Crippen LogP contribution < -0.4 is 0 Å². The van der Waals surface area contributed by atoms with Crippen molar-refractivity contribution in [3.8, 4) is 0 Å². The molecule has 1 aromatic carbocycles. The molecule has 2 fully saturated rings. The van der Waals surface area contributed by atoms with Gasteiger partial charge in [0.25, 0.3) is 5.91 Å². The molecule has 0 aliphatic carbocycles. The first-order valence-electron chi connectivity index (χ1n) is 7.97. The highest BCUT2D eigenvalue weighted by atomic mass is 16.5. The molecule has 0 aromatic heterocycles. The number of carbonyl (C=O) groups is 2. The number of nitrogens with zero attached hydrogens (tertiary/aromatic N) is 3. The average molecular weight is 317 g/mol. The van der Waals surface area contributed by atoms with Gasteiger partial charge in [-0.15, -0.1) is 0 Å². The van der Waals surface area contributed by atoms with Gasteiger partial charge in [-0.2, -0.15) is 0 Å². The highest BCUT2D eigenvalue weighted by Gasteiger charge is 2.42. The summed E-state index contributed by atoms with van der Waals surface area (Å²) in [5.41, 5.74) is 0.926. The summed E-state index contributed by atoms with van der Waals surface area (Å²) in [6, 6.07) is 9.26. The predicted octanol–water partition coefficient (Wildman–Crippen LogP) is 0.359. The Kier molecular flexibility index (Phi) is 4.63. The van der Waals surface area contributed by atoms with E-state index in [4.69, 9.17) is 4.74 Å². The maximum absolute atomic E-state index is 12.9. The molecule has 0 N–H and O–H groups in total. The van der Waals surface area contributed by atoms with Gasteiger partial charge in [-0.3, -0.25) is 9.59 Å². The second-order valence-electron chi connectivity index (χ2n) is 6.22. The van der Waals surface area contributed by atoms with Crippen LogP contribution in [0.4, 0.5) is 0 Å². The largest absolute Gasteiger partial charge is 0.356 e. The van der Waals surface area contributed by atoms with Crippen molar-refractivity contribution in [3.05, 3.63) is 35.9 Å². The molecule has 0 spiro atoms. The zero-order valence-electron chi connectivity index (χ0n) is 13.6. The van der Waals surface area contributed by atoms with E-state index in [1.807, 2.05) is 35.2 Å². The number of hydrogen-bond donors (Lipinski definition) is 0. The minimum atomic E-state index is -0.636. The van der Waals surface area contributed by atoms with Crippen LogP contribution in [0.25, 0.3) is 0 Å². The number of ether oxygens (including phenoxy) is 1. The number of benzene rings is 1.